The zero-order valence-electron chi connectivity index (χ0n) is 9.08. The Morgan fingerprint density at radius 3 is 2.42 bits per heavy atom. The molecule has 1 atom stereocenters. The molecule has 0 radical (unpaired) electrons. The Labute approximate surface area is 127 Å². The van der Waals surface area contributed by atoms with Gasteiger partial charge < -0.3 is 5.11 Å². The van der Waals surface area contributed by atoms with Crippen molar-refractivity contribution in [3.63, 3.8) is 0 Å². The van der Waals surface area contributed by atoms with Gasteiger partial charge in [-0.05, 0) is 49.6 Å². The van der Waals surface area contributed by atoms with E-state index in [1.165, 1.54) is 0 Å². The van der Waals surface area contributed by atoms with Crippen molar-refractivity contribution < 1.29 is 18.3 Å². The fourth-order valence-electron chi connectivity index (χ4n) is 1.39. The van der Waals surface area contributed by atoms with Crippen molar-refractivity contribution in [1.82, 2.24) is 4.98 Å². The van der Waals surface area contributed by atoms with E-state index >= 15 is 0 Å². The minimum absolute atomic E-state index is 0.154. The van der Waals surface area contributed by atoms with Crippen molar-refractivity contribution in [3.05, 3.63) is 48.8 Å². The predicted molar refractivity (Wildman–Crippen MR) is 73.0 cm³/mol. The lowest BCUT2D eigenvalue weighted by atomic mass is 10.1. The molecular weight excluding hydrogens is 411 g/mol. The van der Waals surface area contributed by atoms with Gasteiger partial charge in [-0.1, -0.05) is 6.07 Å². The molecule has 0 aliphatic rings. The number of thiazole rings is 1. The predicted octanol–water partition coefficient (Wildman–Crippen LogP) is 4.77. The molecule has 1 N–H and O–H groups in total. The van der Waals surface area contributed by atoms with Crippen LogP contribution in [0.4, 0.5) is 13.2 Å². The number of hydrogen-bond acceptors (Lipinski definition) is 3. The molecule has 1 aromatic heterocycles. The second-order valence-electron chi connectivity index (χ2n) is 3.64. The summed E-state index contributed by atoms with van der Waals surface area (Å²) in [5, 5.41) is 9.09. The number of aliphatic hydroxyl groups is 1. The minimum Gasteiger partial charge on any atom is -0.383 e. The molecule has 2 rings (SSSR count). The van der Waals surface area contributed by atoms with Gasteiger partial charge in [-0.25, -0.2) is 4.98 Å². The van der Waals surface area contributed by atoms with Gasteiger partial charge >= 0.3 is 6.18 Å². The maximum absolute atomic E-state index is 12.4. The zero-order chi connectivity index (χ0) is 14.2. The van der Waals surface area contributed by atoms with E-state index in [2.05, 4.69) is 36.8 Å². The van der Waals surface area contributed by atoms with Crippen LogP contribution in [-0.2, 0) is 6.18 Å². The van der Waals surface area contributed by atoms with E-state index in [0.717, 1.165) is 10.7 Å². The molecule has 0 bridgehead atoms. The van der Waals surface area contributed by atoms with Crippen LogP contribution in [0.1, 0.15) is 21.6 Å². The van der Waals surface area contributed by atoms with Gasteiger partial charge in [-0.2, -0.15) is 13.2 Å². The van der Waals surface area contributed by atoms with Crippen molar-refractivity contribution in [2.45, 2.75) is 12.3 Å². The van der Waals surface area contributed by atoms with E-state index in [-0.39, 0.29) is 4.88 Å². The van der Waals surface area contributed by atoms with Gasteiger partial charge in [0, 0.05) is 15.1 Å². The highest BCUT2D eigenvalue weighted by atomic mass is 79.9. The average molecular weight is 417 g/mol. The number of rotatable bonds is 2. The number of benzene rings is 1. The van der Waals surface area contributed by atoms with Crippen LogP contribution in [0.5, 0.6) is 0 Å². The van der Waals surface area contributed by atoms with Gasteiger partial charge in [0.05, 0.1) is 4.88 Å². The average Bonchev–Trinajstić information content (AvgIpc) is 2.81. The van der Waals surface area contributed by atoms with Crippen LogP contribution in [0.15, 0.2) is 33.3 Å². The Morgan fingerprint density at radius 1 is 1.21 bits per heavy atom. The molecule has 19 heavy (non-hydrogen) atoms. The molecule has 1 unspecified atom stereocenters. The lowest BCUT2D eigenvalue weighted by Crippen LogP contribution is -2.03. The van der Waals surface area contributed by atoms with Crippen molar-refractivity contribution in [2.24, 2.45) is 0 Å². The number of hydrogen-bond donors (Lipinski definition) is 1. The standard InChI is InChI=1S/C11H6Br2F3NOS/c12-6-2-1-5(3-7(6)13)9(18)8-4-17-10(19-8)11(14,15)16/h1-4,9,18H. The summed E-state index contributed by atoms with van der Waals surface area (Å²) < 4.78 is 38.8. The van der Waals surface area contributed by atoms with E-state index in [1.807, 2.05) is 0 Å². The van der Waals surface area contributed by atoms with Gasteiger partial charge in [0.15, 0.2) is 5.01 Å². The third-order valence-electron chi connectivity index (χ3n) is 2.29. The highest BCUT2D eigenvalue weighted by molar-refractivity contribution is 9.13. The van der Waals surface area contributed by atoms with Crippen LogP contribution in [-0.4, -0.2) is 10.1 Å². The van der Waals surface area contributed by atoms with Crippen LogP contribution >= 0.6 is 43.2 Å². The molecule has 1 aromatic carbocycles. The third-order valence-corrected chi connectivity index (χ3v) is 5.27. The van der Waals surface area contributed by atoms with E-state index in [1.54, 1.807) is 18.2 Å². The Morgan fingerprint density at radius 2 is 1.89 bits per heavy atom. The first-order valence-electron chi connectivity index (χ1n) is 4.95. The normalized spacial score (nSPS) is 13.6. The first kappa shape index (κ1) is 15.0. The topological polar surface area (TPSA) is 33.1 Å². The monoisotopic (exact) mass is 415 g/mol. The Kier molecular flexibility index (Phi) is 4.34. The Hall–Kier alpha value is -0.440. The largest absolute Gasteiger partial charge is 0.443 e. The van der Waals surface area contributed by atoms with Crippen LogP contribution in [0.25, 0.3) is 0 Å². The molecule has 2 aromatic rings. The number of nitrogens with zero attached hydrogens (tertiary/aromatic N) is 1. The van der Waals surface area contributed by atoms with Crippen molar-refractivity contribution >= 4 is 43.2 Å². The molecule has 0 amide bonds. The molecule has 0 saturated heterocycles. The van der Waals surface area contributed by atoms with E-state index in [0.29, 0.717) is 21.4 Å². The molecule has 1 heterocycles. The second kappa shape index (κ2) is 5.51. The maximum atomic E-state index is 12.4. The number of alkyl halides is 3. The zero-order valence-corrected chi connectivity index (χ0v) is 13.1. The van der Waals surface area contributed by atoms with Crippen molar-refractivity contribution in [3.8, 4) is 0 Å². The van der Waals surface area contributed by atoms with Gasteiger partial charge in [-0.3, -0.25) is 0 Å². The molecule has 102 valence electrons. The summed E-state index contributed by atoms with van der Waals surface area (Å²) in [5.41, 5.74) is 0.493. The second-order valence-corrected chi connectivity index (χ2v) is 6.41. The first-order chi connectivity index (χ1) is 8.79. The summed E-state index contributed by atoms with van der Waals surface area (Å²) in [6, 6.07) is 4.97. The molecule has 0 aliphatic heterocycles. The first-order valence-corrected chi connectivity index (χ1v) is 7.35. The molecule has 2 nitrogen and oxygen atoms in total. The van der Waals surface area contributed by atoms with Gasteiger partial charge in [-0.15, -0.1) is 11.3 Å². The van der Waals surface area contributed by atoms with Crippen LogP contribution in [0.2, 0.25) is 0 Å². The number of halogens is 5. The molecular formula is C11H6Br2F3NOS. The van der Waals surface area contributed by atoms with Crippen molar-refractivity contribution in [2.75, 3.05) is 0 Å². The third kappa shape index (κ3) is 3.36. The summed E-state index contributed by atoms with van der Waals surface area (Å²) in [7, 11) is 0. The summed E-state index contributed by atoms with van der Waals surface area (Å²) in [4.78, 5) is 3.44. The lowest BCUT2D eigenvalue weighted by molar-refractivity contribution is -0.137. The SMILES string of the molecule is OC(c1ccc(Br)c(Br)c1)c1cnc(C(F)(F)F)s1. The quantitative estimate of drug-likeness (QED) is 0.764. The molecule has 0 fully saturated rings. The highest BCUT2D eigenvalue weighted by Crippen LogP contribution is 2.36. The fourth-order valence-corrected chi connectivity index (χ4v) is 2.83. The summed E-state index contributed by atoms with van der Waals surface area (Å²) in [5.74, 6) is 0. The van der Waals surface area contributed by atoms with Crippen LogP contribution < -0.4 is 0 Å². The Balaban J connectivity index is 2.31. The number of aromatic nitrogens is 1. The summed E-state index contributed by atoms with van der Waals surface area (Å²) in [6.45, 7) is 0. The summed E-state index contributed by atoms with van der Waals surface area (Å²) in [6.07, 6.45) is -4.56. The van der Waals surface area contributed by atoms with Crippen molar-refractivity contribution in [1.29, 1.82) is 0 Å². The smallest absolute Gasteiger partial charge is 0.383 e. The summed E-state index contributed by atoms with van der Waals surface area (Å²) >= 11 is 6.99. The Bertz CT molecular complexity index is 600. The molecule has 0 aliphatic carbocycles. The molecule has 0 spiro atoms. The van der Waals surface area contributed by atoms with Crippen LogP contribution in [0.3, 0.4) is 0 Å². The highest BCUT2D eigenvalue weighted by Gasteiger charge is 2.35. The maximum Gasteiger partial charge on any atom is 0.443 e. The van der Waals surface area contributed by atoms with E-state index in [4.69, 9.17) is 0 Å². The van der Waals surface area contributed by atoms with Gasteiger partial charge in [0.1, 0.15) is 6.10 Å². The van der Waals surface area contributed by atoms with Gasteiger partial charge in [0.25, 0.3) is 0 Å². The van der Waals surface area contributed by atoms with Gasteiger partial charge in [0.2, 0.25) is 0 Å². The molecule has 8 heteroatoms. The van der Waals surface area contributed by atoms with Crippen LogP contribution in [0, 0.1) is 0 Å². The fraction of sp³-hybridized carbons (Fsp3) is 0.182. The minimum atomic E-state index is -4.48. The van der Waals surface area contributed by atoms with E-state index in [9.17, 15) is 18.3 Å². The molecule has 0 saturated carbocycles. The lowest BCUT2D eigenvalue weighted by Gasteiger charge is -2.09. The van der Waals surface area contributed by atoms with E-state index < -0.39 is 17.3 Å². The number of aliphatic hydroxyl groups excluding tert-OH is 1.